The number of carbonyl (C=O) groups is 1. The Labute approximate surface area is 163 Å². The molecule has 0 spiro atoms. The van der Waals surface area contributed by atoms with Crippen molar-refractivity contribution in [2.24, 2.45) is 0 Å². The highest BCUT2D eigenvalue weighted by Crippen LogP contribution is 2.33. The highest BCUT2D eigenvalue weighted by molar-refractivity contribution is 7.93. The summed E-state index contributed by atoms with van der Waals surface area (Å²) in [5.41, 5.74) is 1.84. The zero-order valence-corrected chi connectivity index (χ0v) is 17.1. The van der Waals surface area contributed by atoms with Crippen LogP contribution in [0.3, 0.4) is 0 Å². The maximum Gasteiger partial charge on any atom is 0.265 e. The van der Waals surface area contributed by atoms with Gasteiger partial charge in [-0.3, -0.25) is 9.10 Å². The molecule has 1 amide bonds. The number of amides is 1. The molecule has 0 unspecified atom stereocenters. The van der Waals surface area contributed by atoms with E-state index in [1.807, 2.05) is 6.07 Å². The van der Waals surface area contributed by atoms with Crippen LogP contribution in [-0.4, -0.2) is 31.7 Å². The molecule has 1 aromatic carbocycles. The normalized spacial score (nSPS) is 15.9. The molecule has 1 fully saturated rings. The number of hydrogen-bond acceptors (Lipinski definition) is 5. The van der Waals surface area contributed by atoms with Crippen molar-refractivity contribution in [1.82, 2.24) is 0 Å². The fraction of sp³-hybridized carbons (Fsp3) is 0.421. The van der Waals surface area contributed by atoms with Crippen LogP contribution in [-0.2, 0) is 22.9 Å². The van der Waals surface area contributed by atoms with Crippen LogP contribution in [0, 0.1) is 0 Å². The molecule has 8 heteroatoms. The molecule has 0 bridgehead atoms. The van der Waals surface area contributed by atoms with Crippen LogP contribution in [0.4, 0.5) is 11.4 Å². The number of phenols is 1. The summed E-state index contributed by atoms with van der Waals surface area (Å²) < 4.78 is 25.6. The van der Waals surface area contributed by atoms with Gasteiger partial charge in [0.2, 0.25) is 10.0 Å². The van der Waals surface area contributed by atoms with Crippen molar-refractivity contribution < 1.29 is 18.3 Å². The molecular formula is C19H24N2O4S2. The van der Waals surface area contributed by atoms with Crippen molar-refractivity contribution in [2.45, 2.75) is 39.5 Å². The van der Waals surface area contributed by atoms with E-state index < -0.39 is 10.0 Å². The van der Waals surface area contributed by atoms with E-state index in [4.69, 9.17) is 0 Å². The van der Waals surface area contributed by atoms with Crippen molar-refractivity contribution in [3.8, 4) is 5.75 Å². The monoisotopic (exact) mass is 408 g/mol. The van der Waals surface area contributed by atoms with Gasteiger partial charge in [0.05, 0.1) is 22.0 Å². The average Bonchev–Trinajstić information content (AvgIpc) is 3.20. The Hall–Kier alpha value is -2.06. The first kappa shape index (κ1) is 19.7. The topological polar surface area (TPSA) is 86.7 Å². The van der Waals surface area contributed by atoms with Crippen molar-refractivity contribution >= 4 is 38.6 Å². The number of sulfonamides is 1. The SMILES string of the molecule is CCCc1sc(C(=O)Nc2cc(N3CCCS3(=O)=O)ccc2O)cc1CC. The number of thiophene rings is 1. The molecule has 6 nitrogen and oxygen atoms in total. The quantitative estimate of drug-likeness (QED) is 0.713. The Kier molecular flexibility index (Phi) is 5.76. The summed E-state index contributed by atoms with van der Waals surface area (Å²) in [5, 5.41) is 12.8. The van der Waals surface area contributed by atoms with Gasteiger partial charge in [0.1, 0.15) is 5.75 Å². The summed E-state index contributed by atoms with van der Waals surface area (Å²) in [4.78, 5) is 14.5. The smallest absolute Gasteiger partial charge is 0.265 e. The zero-order chi connectivity index (χ0) is 19.6. The fourth-order valence-corrected chi connectivity index (χ4v) is 6.02. The number of aromatic hydroxyl groups is 1. The van der Waals surface area contributed by atoms with Gasteiger partial charge >= 0.3 is 0 Å². The predicted octanol–water partition coefficient (Wildman–Crippen LogP) is 3.76. The van der Waals surface area contributed by atoms with Crippen LogP contribution < -0.4 is 9.62 Å². The van der Waals surface area contributed by atoms with Gasteiger partial charge in [-0.2, -0.15) is 0 Å². The second-order valence-corrected chi connectivity index (χ2v) is 9.71. The van der Waals surface area contributed by atoms with Crippen LogP contribution in [0.2, 0.25) is 0 Å². The number of nitrogens with one attached hydrogen (secondary N) is 1. The second-order valence-electron chi connectivity index (χ2n) is 6.56. The van der Waals surface area contributed by atoms with Crippen LogP contribution in [0.1, 0.15) is 46.8 Å². The Morgan fingerprint density at radius 1 is 1.30 bits per heavy atom. The van der Waals surface area contributed by atoms with Crippen LogP contribution >= 0.6 is 11.3 Å². The number of aryl methyl sites for hydroxylation is 2. The minimum absolute atomic E-state index is 0.0928. The van der Waals surface area contributed by atoms with Crippen molar-refractivity contribution in [3.05, 3.63) is 39.6 Å². The van der Waals surface area contributed by atoms with E-state index in [0.29, 0.717) is 23.5 Å². The summed E-state index contributed by atoms with van der Waals surface area (Å²) in [5.74, 6) is -0.274. The Morgan fingerprint density at radius 2 is 2.07 bits per heavy atom. The molecule has 0 saturated carbocycles. The van der Waals surface area contributed by atoms with E-state index in [1.165, 1.54) is 38.2 Å². The number of carbonyl (C=O) groups excluding carboxylic acids is 1. The van der Waals surface area contributed by atoms with Gasteiger partial charge in [-0.15, -0.1) is 11.3 Å². The molecule has 2 aromatic rings. The highest BCUT2D eigenvalue weighted by atomic mass is 32.2. The molecule has 1 aliphatic heterocycles. The van der Waals surface area contributed by atoms with Crippen LogP contribution in [0.5, 0.6) is 5.75 Å². The van der Waals surface area contributed by atoms with Gasteiger partial charge in [-0.05, 0) is 49.1 Å². The molecule has 1 aliphatic rings. The molecule has 0 aliphatic carbocycles. The van der Waals surface area contributed by atoms with Crippen LogP contribution in [0.25, 0.3) is 0 Å². The fourth-order valence-electron chi connectivity index (χ4n) is 3.21. The van der Waals surface area contributed by atoms with Gasteiger partial charge in [-0.25, -0.2) is 8.42 Å². The number of benzene rings is 1. The lowest BCUT2D eigenvalue weighted by molar-refractivity contribution is 0.103. The number of rotatable bonds is 6. The van der Waals surface area contributed by atoms with Gasteiger partial charge in [-0.1, -0.05) is 20.3 Å². The molecule has 2 N–H and O–H groups in total. The van der Waals surface area contributed by atoms with Crippen molar-refractivity contribution in [3.63, 3.8) is 0 Å². The molecule has 1 aromatic heterocycles. The molecular weight excluding hydrogens is 384 g/mol. The van der Waals surface area contributed by atoms with E-state index in [-0.39, 0.29) is 23.1 Å². The maximum absolute atomic E-state index is 12.7. The van der Waals surface area contributed by atoms with E-state index in [0.717, 1.165) is 19.3 Å². The van der Waals surface area contributed by atoms with Gasteiger partial charge in [0, 0.05) is 11.4 Å². The molecule has 3 rings (SSSR count). The lowest BCUT2D eigenvalue weighted by Gasteiger charge is -2.18. The van der Waals surface area contributed by atoms with Gasteiger partial charge in [0.25, 0.3) is 5.91 Å². The largest absolute Gasteiger partial charge is 0.506 e. The second kappa shape index (κ2) is 7.90. The van der Waals surface area contributed by atoms with E-state index in [1.54, 1.807) is 6.07 Å². The zero-order valence-electron chi connectivity index (χ0n) is 15.5. The van der Waals surface area contributed by atoms with Crippen LogP contribution in [0.15, 0.2) is 24.3 Å². The highest BCUT2D eigenvalue weighted by Gasteiger charge is 2.29. The number of nitrogens with zero attached hydrogens (tertiary/aromatic N) is 1. The van der Waals surface area contributed by atoms with E-state index in [9.17, 15) is 18.3 Å². The minimum atomic E-state index is -3.32. The lowest BCUT2D eigenvalue weighted by Crippen LogP contribution is -2.25. The Bertz CT molecular complexity index is 951. The number of phenolic OH excluding ortho intramolecular Hbond substituents is 1. The third kappa shape index (κ3) is 4.11. The minimum Gasteiger partial charge on any atom is -0.506 e. The van der Waals surface area contributed by atoms with E-state index >= 15 is 0 Å². The maximum atomic E-state index is 12.7. The first-order chi connectivity index (χ1) is 12.9. The van der Waals surface area contributed by atoms with Crippen molar-refractivity contribution in [1.29, 1.82) is 0 Å². The molecule has 0 atom stereocenters. The standard InChI is InChI=1S/C19H24N2O4S2/c1-3-6-17-13(4-2)11-18(26-17)19(23)20-15-12-14(7-8-16(15)22)21-9-5-10-27(21,24)25/h7-8,11-12,22H,3-6,9-10H2,1-2H3,(H,20,23). The molecule has 146 valence electrons. The first-order valence-corrected chi connectivity index (χ1v) is 11.5. The third-order valence-corrected chi connectivity index (χ3v) is 7.70. The molecule has 2 heterocycles. The number of hydrogen-bond donors (Lipinski definition) is 2. The molecule has 0 radical (unpaired) electrons. The van der Waals surface area contributed by atoms with E-state index in [2.05, 4.69) is 19.2 Å². The third-order valence-electron chi connectivity index (χ3n) is 4.59. The molecule has 1 saturated heterocycles. The average molecular weight is 409 g/mol. The molecule has 27 heavy (non-hydrogen) atoms. The van der Waals surface area contributed by atoms with Gasteiger partial charge in [0.15, 0.2) is 0 Å². The number of anilines is 2. The lowest BCUT2D eigenvalue weighted by atomic mass is 10.1. The summed E-state index contributed by atoms with van der Waals surface area (Å²) in [6, 6.07) is 6.37. The summed E-state index contributed by atoms with van der Waals surface area (Å²) in [7, 11) is -3.32. The first-order valence-electron chi connectivity index (χ1n) is 9.12. The Balaban J connectivity index is 1.85. The predicted molar refractivity (Wildman–Crippen MR) is 110 cm³/mol. The van der Waals surface area contributed by atoms with Crippen molar-refractivity contribution in [2.75, 3.05) is 21.9 Å². The van der Waals surface area contributed by atoms with Gasteiger partial charge < -0.3 is 10.4 Å². The Morgan fingerprint density at radius 3 is 2.70 bits per heavy atom. The summed E-state index contributed by atoms with van der Waals surface area (Å²) in [6.07, 6.45) is 3.39. The summed E-state index contributed by atoms with van der Waals surface area (Å²) >= 11 is 1.47. The summed E-state index contributed by atoms with van der Waals surface area (Å²) in [6.45, 7) is 4.58.